The molecule has 0 heterocycles. The Bertz CT molecular complexity index is 152. The molecule has 0 saturated heterocycles. The normalized spacial score (nSPS) is 43.5. The first kappa shape index (κ1) is 10.0. The molecule has 3 atom stereocenters. The predicted molar refractivity (Wildman–Crippen MR) is 48.8 cm³/mol. The molecule has 0 aromatic heterocycles. The van der Waals surface area contributed by atoms with Gasteiger partial charge in [0.05, 0.1) is 11.7 Å². The lowest BCUT2D eigenvalue weighted by atomic mass is 9.73. The van der Waals surface area contributed by atoms with Crippen molar-refractivity contribution in [2.45, 2.75) is 51.7 Å². The van der Waals surface area contributed by atoms with Crippen molar-refractivity contribution in [2.24, 2.45) is 11.8 Å². The van der Waals surface area contributed by atoms with Crippen molar-refractivity contribution in [1.29, 1.82) is 0 Å². The summed E-state index contributed by atoms with van der Waals surface area (Å²) in [5.74, 6) is 0.904. The van der Waals surface area contributed by atoms with Gasteiger partial charge in [0, 0.05) is 6.42 Å². The van der Waals surface area contributed by atoms with E-state index in [0.29, 0.717) is 18.3 Å². The van der Waals surface area contributed by atoms with E-state index in [1.165, 1.54) is 0 Å². The summed E-state index contributed by atoms with van der Waals surface area (Å²) in [6.45, 7) is 6.08. The molecule has 0 unspecified atom stereocenters. The standard InChI is InChI=1S/C10H20O2/c1-7(2)8-4-5-10(3,12)6-9(8)11/h7-9,11-12H,4-6H2,1-3H3/t8-,9-,10-/m0/s1. The molecule has 2 heteroatoms. The van der Waals surface area contributed by atoms with Crippen molar-refractivity contribution >= 4 is 0 Å². The van der Waals surface area contributed by atoms with Gasteiger partial charge >= 0.3 is 0 Å². The molecule has 12 heavy (non-hydrogen) atoms. The highest BCUT2D eigenvalue weighted by molar-refractivity contribution is 4.88. The summed E-state index contributed by atoms with van der Waals surface area (Å²) in [6.07, 6.45) is 2.00. The van der Waals surface area contributed by atoms with Gasteiger partial charge in [0.2, 0.25) is 0 Å². The van der Waals surface area contributed by atoms with Gasteiger partial charge in [-0.3, -0.25) is 0 Å². The number of hydrogen-bond donors (Lipinski definition) is 2. The van der Waals surface area contributed by atoms with E-state index in [1.54, 1.807) is 0 Å². The lowest BCUT2D eigenvalue weighted by Gasteiger charge is -2.38. The Balaban J connectivity index is 2.54. The van der Waals surface area contributed by atoms with Gasteiger partial charge in [-0.15, -0.1) is 0 Å². The van der Waals surface area contributed by atoms with Crippen molar-refractivity contribution in [3.05, 3.63) is 0 Å². The van der Waals surface area contributed by atoms with Crippen molar-refractivity contribution in [3.8, 4) is 0 Å². The molecule has 72 valence electrons. The molecule has 0 aromatic carbocycles. The average molecular weight is 172 g/mol. The van der Waals surface area contributed by atoms with Gasteiger partial charge in [0.25, 0.3) is 0 Å². The molecule has 0 radical (unpaired) electrons. The lowest BCUT2D eigenvalue weighted by Crippen LogP contribution is -2.41. The minimum atomic E-state index is -0.634. The molecule has 0 bridgehead atoms. The fourth-order valence-corrected chi connectivity index (χ4v) is 2.15. The number of aliphatic hydroxyl groups excluding tert-OH is 1. The van der Waals surface area contributed by atoms with Crippen LogP contribution in [-0.2, 0) is 0 Å². The van der Waals surface area contributed by atoms with Gasteiger partial charge in [-0.05, 0) is 31.6 Å². The molecular weight excluding hydrogens is 152 g/mol. The third-order valence-electron chi connectivity index (χ3n) is 3.02. The van der Waals surface area contributed by atoms with Crippen LogP contribution in [0, 0.1) is 11.8 Å². The van der Waals surface area contributed by atoms with Gasteiger partial charge in [0.1, 0.15) is 0 Å². The third kappa shape index (κ3) is 2.20. The van der Waals surface area contributed by atoms with Crippen LogP contribution in [-0.4, -0.2) is 21.9 Å². The smallest absolute Gasteiger partial charge is 0.0644 e. The second-order valence-electron chi connectivity index (χ2n) is 4.71. The molecule has 1 aliphatic rings. The first-order valence-corrected chi connectivity index (χ1v) is 4.83. The van der Waals surface area contributed by atoms with E-state index in [2.05, 4.69) is 13.8 Å². The van der Waals surface area contributed by atoms with E-state index in [0.717, 1.165) is 12.8 Å². The molecular formula is C10H20O2. The quantitative estimate of drug-likeness (QED) is 0.630. The second kappa shape index (κ2) is 3.35. The zero-order valence-corrected chi connectivity index (χ0v) is 8.25. The van der Waals surface area contributed by atoms with Crippen molar-refractivity contribution in [1.82, 2.24) is 0 Å². The molecule has 0 aromatic rings. The minimum Gasteiger partial charge on any atom is -0.393 e. The van der Waals surface area contributed by atoms with E-state index in [4.69, 9.17) is 0 Å². The van der Waals surface area contributed by atoms with Crippen molar-refractivity contribution in [3.63, 3.8) is 0 Å². The van der Waals surface area contributed by atoms with Gasteiger partial charge in [-0.25, -0.2) is 0 Å². The Morgan fingerprint density at radius 3 is 2.42 bits per heavy atom. The van der Waals surface area contributed by atoms with Gasteiger partial charge < -0.3 is 10.2 Å². The summed E-state index contributed by atoms with van der Waals surface area (Å²) in [4.78, 5) is 0. The predicted octanol–water partition coefficient (Wildman–Crippen LogP) is 1.55. The fourth-order valence-electron chi connectivity index (χ4n) is 2.15. The summed E-state index contributed by atoms with van der Waals surface area (Å²) < 4.78 is 0. The summed E-state index contributed by atoms with van der Waals surface area (Å²) in [5.41, 5.74) is -0.634. The number of rotatable bonds is 1. The van der Waals surface area contributed by atoms with E-state index >= 15 is 0 Å². The Kier molecular flexibility index (Phi) is 2.79. The maximum absolute atomic E-state index is 9.71. The third-order valence-corrected chi connectivity index (χ3v) is 3.02. The van der Waals surface area contributed by atoms with Gasteiger partial charge in [0.15, 0.2) is 0 Å². The maximum Gasteiger partial charge on any atom is 0.0644 e. The Morgan fingerprint density at radius 2 is 2.00 bits per heavy atom. The summed E-state index contributed by atoms with van der Waals surface area (Å²) in [5, 5.41) is 19.4. The van der Waals surface area contributed by atoms with Crippen LogP contribution >= 0.6 is 0 Å². The SMILES string of the molecule is CC(C)[C@@H]1CC[C@](C)(O)C[C@@H]1O. The van der Waals surface area contributed by atoms with Crippen LogP contribution in [0.3, 0.4) is 0 Å². The maximum atomic E-state index is 9.71. The van der Waals surface area contributed by atoms with Crippen molar-refractivity contribution < 1.29 is 10.2 Å². The van der Waals surface area contributed by atoms with E-state index in [9.17, 15) is 10.2 Å². The zero-order valence-electron chi connectivity index (χ0n) is 8.25. The zero-order chi connectivity index (χ0) is 9.35. The Morgan fingerprint density at radius 1 is 1.42 bits per heavy atom. The van der Waals surface area contributed by atoms with E-state index < -0.39 is 5.60 Å². The van der Waals surface area contributed by atoms with Crippen LogP contribution < -0.4 is 0 Å². The molecule has 0 spiro atoms. The summed E-state index contributed by atoms with van der Waals surface area (Å²) in [7, 11) is 0. The van der Waals surface area contributed by atoms with Crippen LogP contribution in [0.1, 0.15) is 40.0 Å². The molecule has 1 fully saturated rings. The highest BCUT2D eigenvalue weighted by Crippen LogP contribution is 2.35. The van der Waals surface area contributed by atoms with E-state index in [-0.39, 0.29) is 6.10 Å². The molecule has 2 N–H and O–H groups in total. The summed E-state index contributed by atoms with van der Waals surface area (Å²) in [6, 6.07) is 0. The van der Waals surface area contributed by atoms with Crippen LogP contribution in [0.15, 0.2) is 0 Å². The first-order chi connectivity index (χ1) is 5.42. The van der Waals surface area contributed by atoms with E-state index in [1.807, 2.05) is 6.92 Å². The van der Waals surface area contributed by atoms with Crippen LogP contribution in [0.5, 0.6) is 0 Å². The highest BCUT2D eigenvalue weighted by atomic mass is 16.3. The minimum absolute atomic E-state index is 0.311. The largest absolute Gasteiger partial charge is 0.393 e. The summed E-state index contributed by atoms with van der Waals surface area (Å²) >= 11 is 0. The highest BCUT2D eigenvalue weighted by Gasteiger charge is 2.36. The van der Waals surface area contributed by atoms with Gasteiger partial charge in [-0.1, -0.05) is 13.8 Å². The lowest BCUT2D eigenvalue weighted by molar-refractivity contribution is -0.0683. The molecule has 0 aliphatic heterocycles. The molecule has 1 saturated carbocycles. The average Bonchev–Trinajstić information content (AvgIpc) is 1.83. The molecule has 1 rings (SSSR count). The van der Waals surface area contributed by atoms with Gasteiger partial charge in [-0.2, -0.15) is 0 Å². The van der Waals surface area contributed by atoms with Crippen molar-refractivity contribution in [2.75, 3.05) is 0 Å². The Hall–Kier alpha value is -0.0800. The Labute approximate surface area is 74.6 Å². The number of hydrogen-bond acceptors (Lipinski definition) is 2. The second-order valence-corrected chi connectivity index (χ2v) is 4.71. The topological polar surface area (TPSA) is 40.5 Å². The fraction of sp³-hybridized carbons (Fsp3) is 1.00. The van der Waals surface area contributed by atoms with Crippen LogP contribution in [0.25, 0.3) is 0 Å². The molecule has 1 aliphatic carbocycles. The van der Waals surface area contributed by atoms with Crippen LogP contribution in [0.2, 0.25) is 0 Å². The molecule has 0 amide bonds. The monoisotopic (exact) mass is 172 g/mol. The molecule has 2 nitrogen and oxygen atoms in total. The van der Waals surface area contributed by atoms with Crippen LogP contribution in [0.4, 0.5) is 0 Å². The number of aliphatic hydroxyl groups is 2. The first-order valence-electron chi connectivity index (χ1n) is 4.83.